The van der Waals surface area contributed by atoms with Gasteiger partial charge >= 0.3 is 5.97 Å². The van der Waals surface area contributed by atoms with E-state index in [9.17, 15) is 9.59 Å². The minimum absolute atomic E-state index is 0.125. The van der Waals surface area contributed by atoms with Crippen molar-refractivity contribution in [2.45, 2.75) is 69.0 Å². The first-order valence-corrected chi connectivity index (χ1v) is 7.33. The van der Waals surface area contributed by atoms with Gasteiger partial charge in [-0.15, -0.1) is 0 Å². The van der Waals surface area contributed by atoms with Crippen molar-refractivity contribution in [2.75, 3.05) is 0 Å². The molecule has 106 valence electrons. The molecule has 3 N–H and O–H groups in total. The predicted octanol–water partition coefficient (Wildman–Crippen LogP) is 1.11. The van der Waals surface area contributed by atoms with Gasteiger partial charge in [-0.05, 0) is 50.9 Å². The molecule has 1 aliphatic carbocycles. The number of rotatable bonds is 3. The van der Waals surface area contributed by atoms with Crippen LogP contribution in [0, 0.1) is 5.92 Å². The summed E-state index contributed by atoms with van der Waals surface area (Å²) in [7, 11) is 0. The van der Waals surface area contributed by atoms with E-state index in [0.717, 1.165) is 44.9 Å². The van der Waals surface area contributed by atoms with E-state index in [2.05, 4.69) is 0 Å². The molecule has 2 heterocycles. The minimum Gasteiger partial charge on any atom is -0.481 e. The van der Waals surface area contributed by atoms with E-state index < -0.39 is 11.5 Å². The Bertz CT molecular complexity index is 391. The topological polar surface area (TPSA) is 83.6 Å². The number of carboxylic acid groups (broad SMARTS) is 1. The fourth-order valence-electron chi connectivity index (χ4n) is 4.06. The van der Waals surface area contributed by atoms with Crippen molar-refractivity contribution in [2.24, 2.45) is 11.7 Å². The molecule has 3 fully saturated rings. The van der Waals surface area contributed by atoms with Crippen LogP contribution in [0.2, 0.25) is 0 Å². The van der Waals surface area contributed by atoms with E-state index in [-0.39, 0.29) is 30.3 Å². The Morgan fingerprint density at radius 2 is 1.79 bits per heavy atom. The molecule has 2 atom stereocenters. The summed E-state index contributed by atoms with van der Waals surface area (Å²) in [5.74, 6) is -0.368. The van der Waals surface area contributed by atoms with Gasteiger partial charge in [0, 0.05) is 18.5 Å². The summed E-state index contributed by atoms with van der Waals surface area (Å²) in [5, 5.41) is 8.91. The van der Waals surface area contributed by atoms with Gasteiger partial charge in [-0.1, -0.05) is 0 Å². The van der Waals surface area contributed by atoms with Gasteiger partial charge in [-0.2, -0.15) is 0 Å². The molecule has 2 saturated heterocycles. The van der Waals surface area contributed by atoms with Gasteiger partial charge in [0.25, 0.3) is 0 Å². The molecule has 5 heteroatoms. The highest BCUT2D eigenvalue weighted by molar-refractivity contribution is 5.88. The number of piperidine rings is 1. The van der Waals surface area contributed by atoms with Crippen LogP contribution in [0.4, 0.5) is 0 Å². The van der Waals surface area contributed by atoms with Gasteiger partial charge in [0.2, 0.25) is 5.91 Å². The zero-order chi connectivity index (χ0) is 13.6. The largest absolute Gasteiger partial charge is 0.481 e. The number of carbonyl (C=O) groups is 2. The third kappa shape index (κ3) is 2.14. The Labute approximate surface area is 113 Å². The number of hydrogen-bond acceptors (Lipinski definition) is 3. The number of aliphatic carboxylic acids is 1. The summed E-state index contributed by atoms with van der Waals surface area (Å²) in [4.78, 5) is 25.4. The number of carboxylic acids is 1. The quantitative estimate of drug-likeness (QED) is 0.801. The molecule has 2 aliphatic heterocycles. The number of hydrogen-bond donors (Lipinski definition) is 2. The van der Waals surface area contributed by atoms with E-state index in [1.807, 2.05) is 4.90 Å². The van der Waals surface area contributed by atoms with Crippen LogP contribution < -0.4 is 5.73 Å². The molecule has 0 radical (unpaired) electrons. The van der Waals surface area contributed by atoms with Gasteiger partial charge in [-0.25, -0.2) is 0 Å². The number of fused-ring (bicyclic) bond motifs is 2. The van der Waals surface area contributed by atoms with Crippen LogP contribution in [0.15, 0.2) is 0 Å². The molecule has 19 heavy (non-hydrogen) atoms. The second-order valence-electron chi connectivity index (χ2n) is 6.54. The second kappa shape index (κ2) is 4.47. The standard InChI is InChI=1S/C14H22N2O3/c15-14(4-1-5-14)13(19)16-10-2-3-11(16)7-9(6-10)8-12(17)18/h9-11H,1-8,15H2,(H,17,18). The average molecular weight is 266 g/mol. The maximum absolute atomic E-state index is 12.6. The fraction of sp³-hybridized carbons (Fsp3) is 0.857. The molecule has 3 rings (SSSR count). The minimum atomic E-state index is -0.724. The Kier molecular flexibility index (Phi) is 3.04. The van der Waals surface area contributed by atoms with Crippen molar-refractivity contribution in [1.29, 1.82) is 0 Å². The van der Waals surface area contributed by atoms with Gasteiger partial charge in [0.05, 0.1) is 5.54 Å². The van der Waals surface area contributed by atoms with E-state index >= 15 is 0 Å². The maximum Gasteiger partial charge on any atom is 0.303 e. The Balaban J connectivity index is 1.69. The van der Waals surface area contributed by atoms with Crippen molar-refractivity contribution in [3.63, 3.8) is 0 Å². The summed E-state index contributed by atoms with van der Waals surface area (Å²) in [6, 6.07) is 0.466. The van der Waals surface area contributed by atoms with Crippen molar-refractivity contribution >= 4 is 11.9 Å². The molecule has 1 amide bonds. The smallest absolute Gasteiger partial charge is 0.303 e. The van der Waals surface area contributed by atoms with E-state index in [1.165, 1.54) is 0 Å². The summed E-state index contributed by atoms with van der Waals surface area (Å²) >= 11 is 0. The summed E-state index contributed by atoms with van der Waals surface area (Å²) in [6.45, 7) is 0. The molecule has 0 aromatic rings. The van der Waals surface area contributed by atoms with Gasteiger partial charge in [-0.3, -0.25) is 9.59 Å². The highest BCUT2D eigenvalue weighted by Crippen LogP contribution is 2.43. The molecule has 1 saturated carbocycles. The SMILES string of the molecule is NC1(C(=O)N2C3CCC2CC(CC(=O)O)C3)CCC1. The van der Waals surface area contributed by atoms with Gasteiger partial charge in [0.15, 0.2) is 0 Å². The van der Waals surface area contributed by atoms with Crippen LogP contribution in [-0.4, -0.2) is 39.5 Å². The lowest BCUT2D eigenvalue weighted by Crippen LogP contribution is -2.63. The number of amides is 1. The molecule has 2 unspecified atom stereocenters. The van der Waals surface area contributed by atoms with Crippen molar-refractivity contribution < 1.29 is 14.7 Å². The number of nitrogens with two attached hydrogens (primary N) is 1. The van der Waals surface area contributed by atoms with Gasteiger partial charge in [0.1, 0.15) is 0 Å². The molecule has 0 aromatic heterocycles. The molecular weight excluding hydrogens is 244 g/mol. The summed E-state index contributed by atoms with van der Waals surface area (Å²) in [5.41, 5.74) is 5.55. The second-order valence-corrected chi connectivity index (χ2v) is 6.54. The number of nitrogens with zero attached hydrogens (tertiary/aromatic N) is 1. The van der Waals surface area contributed by atoms with Crippen LogP contribution >= 0.6 is 0 Å². The average Bonchev–Trinajstić information content (AvgIpc) is 2.56. The van der Waals surface area contributed by atoms with Gasteiger partial charge < -0.3 is 15.7 Å². The summed E-state index contributed by atoms with van der Waals surface area (Å²) in [6.07, 6.45) is 6.61. The van der Waals surface area contributed by atoms with Crippen molar-refractivity contribution in [1.82, 2.24) is 4.90 Å². The molecule has 0 spiro atoms. The normalized spacial score (nSPS) is 35.8. The van der Waals surface area contributed by atoms with Crippen LogP contribution in [-0.2, 0) is 9.59 Å². The first-order chi connectivity index (χ1) is 8.99. The Morgan fingerprint density at radius 1 is 1.21 bits per heavy atom. The Hall–Kier alpha value is -1.10. The maximum atomic E-state index is 12.6. The van der Waals surface area contributed by atoms with Crippen molar-refractivity contribution in [3.8, 4) is 0 Å². The number of carbonyl (C=O) groups excluding carboxylic acids is 1. The third-order valence-corrected chi connectivity index (χ3v) is 5.20. The van der Waals surface area contributed by atoms with E-state index in [1.54, 1.807) is 0 Å². The van der Waals surface area contributed by atoms with Crippen LogP contribution in [0.5, 0.6) is 0 Å². The highest BCUT2D eigenvalue weighted by Gasteiger charge is 2.50. The van der Waals surface area contributed by atoms with E-state index in [4.69, 9.17) is 10.8 Å². The monoisotopic (exact) mass is 266 g/mol. The third-order valence-electron chi connectivity index (χ3n) is 5.20. The lowest BCUT2D eigenvalue weighted by Gasteiger charge is -2.46. The summed E-state index contributed by atoms with van der Waals surface area (Å²) < 4.78 is 0. The van der Waals surface area contributed by atoms with Crippen LogP contribution in [0.3, 0.4) is 0 Å². The lowest BCUT2D eigenvalue weighted by molar-refractivity contribution is -0.146. The molecule has 3 aliphatic rings. The lowest BCUT2D eigenvalue weighted by atomic mass is 9.75. The molecule has 2 bridgehead atoms. The predicted molar refractivity (Wildman–Crippen MR) is 69.4 cm³/mol. The zero-order valence-corrected chi connectivity index (χ0v) is 11.2. The van der Waals surface area contributed by atoms with Crippen LogP contribution in [0.1, 0.15) is 51.4 Å². The molecular formula is C14H22N2O3. The Morgan fingerprint density at radius 3 is 2.21 bits per heavy atom. The van der Waals surface area contributed by atoms with Crippen molar-refractivity contribution in [3.05, 3.63) is 0 Å². The first kappa shape index (κ1) is 12.9. The molecule has 5 nitrogen and oxygen atoms in total. The molecule has 0 aromatic carbocycles. The fourth-order valence-corrected chi connectivity index (χ4v) is 4.06. The highest BCUT2D eigenvalue weighted by atomic mass is 16.4. The first-order valence-electron chi connectivity index (χ1n) is 7.33. The van der Waals surface area contributed by atoms with Crippen LogP contribution in [0.25, 0.3) is 0 Å². The zero-order valence-electron chi connectivity index (χ0n) is 11.2. The van der Waals surface area contributed by atoms with E-state index in [0.29, 0.717) is 0 Å².